The Balaban J connectivity index is 1.54. The van der Waals surface area contributed by atoms with Gasteiger partial charge in [0.25, 0.3) is 0 Å². The Bertz CT molecular complexity index is 553. The number of aryl methyl sites for hydroxylation is 1. The van der Waals surface area contributed by atoms with Gasteiger partial charge in [-0.05, 0) is 60.4 Å². The first kappa shape index (κ1) is 13.3. The SMILES string of the molecule is NNC(CCc1ccncc1)CC1Cc2ccccc21. The zero-order chi connectivity index (χ0) is 13.8. The quantitative estimate of drug-likeness (QED) is 0.625. The molecule has 20 heavy (non-hydrogen) atoms. The van der Waals surface area contributed by atoms with Crippen LogP contribution in [0.4, 0.5) is 0 Å². The van der Waals surface area contributed by atoms with Gasteiger partial charge < -0.3 is 0 Å². The molecule has 3 heteroatoms. The summed E-state index contributed by atoms with van der Waals surface area (Å²) in [5.74, 6) is 6.39. The van der Waals surface area contributed by atoms with Gasteiger partial charge in [0.15, 0.2) is 0 Å². The number of benzene rings is 1. The lowest BCUT2D eigenvalue weighted by Crippen LogP contribution is -2.38. The monoisotopic (exact) mass is 267 g/mol. The van der Waals surface area contributed by atoms with E-state index in [-0.39, 0.29) is 0 Å². The van der Waals surface area contributed by atoms with Gasteiger partial charge in [0.05, 0.1) is 0 Å². The first-order valence-electron chi connectivity index (χ1n) is 7.29. The minimum atomic E-state index is 0.376. The molecule has 0 saturated heterocycles. The van der Waals surface area contributed by atoms with E-state index in [0.717, 1.165) is 19.3 Å². The van der Waals surface area contributed by atoms with Gasteiger partial charge >= 0.3 is 0 Å². The highest BCUT2D eigenvalue weighted by molar-refractivity contribution is 5.39. The molecule has 3 N–H and O–H groups in total. The first-order chi connectivity index (χ1) is 9.86. The van der Waals surface area contributed by atoms with E-state index in [1.54, 1.807) is 0 Å². The summed E-state index contributed by atoms with van der Waals surface area (Å²) in [7, 11) is 0. The van der Waals surface area contributed by atoms with Crippen molar-refractivity contribution >= 4 is 0 Å². The third-order valence-electron chi connectivity index (χ3n) is 4.30. The number of hydrogen-bond donors (Lipinski definition) is 2. The number of nitrogens with zero attached hydrogens (tertiary/aromatic N) is 1. The van der Waals surface area contributed by atoms with E-state index in [2.05, 4.69) is 46.8 Å². The Morgan fingerprint density at radius 2 is 2.00 bits per heavy atom. The molecular formula is C17H21N3. The lowest BCUT2D eigenvalue weighted by Gasteiger charge is -2.33. The summed E-state index contributed by atoms with van der Waals surface area (Å²) in [6.07, 6.45) is 8.14. The van der Waals surface area contributed by atoms with Crippen molar-refractivity contribution in [2.75, 3.05) is 0 Å². The van der Waals surface area contributed by atoms with Crippen LogP contribution in [0.25, 0.3) is 0 Å². The predicted molar refractivity (Wildman–Crippen MR) is 81.2 cm³/mol. The number of nitrogens with two attached hydrogens (primary N) is 1. The van der Waals surface area contributed by atoms with Gasteiger partial charge in [-0.2, -0.15) is 0 Å². The molecule has 2 aromatic rings. The molecule has 0 spiro atoms. The van der Waals surface area contributed by atoms with E-state index in [1.165, 1.54) is 23.1 Å². The highest BCUT2D eigenvalue weighted by atomic mass is 15.2. The van der Waals surface area contributed by atoms with E-state index in [9.17, 15) is 0 Å². The molecule has 1 aliphatic rings. The maximum absolute atomic E-state index is 5.72. The molecule has 0 fully saturated rings. The average molecular weight is 267 g/mol. The summed E-state index contributed by atoms with van der Waals surface area (Å²) in [4.78, 5) is 4.05. The summed E-state index contributed by atoms with van der Waals surface area (Å²) in [5.41, 5.74) is 7.33. The molecule has 0 radical (unpaired) electrons. The van der Waals surface area contributed by atoms with E-state index >= 15 is 0 Å². The van der Waals surface area contributed by atoms with Crippen molar-refractivity contribution in [1.29, 1.82) is 0 Å². The van der Waals surface area contributed by atoms with E-state index in [4.69, 9.17) is 5.84 Å². The maximum Gasteiger partial charge on any atom is 0.0270 e. The van der Waals surface area contributed by atoms with Crippen molar-refractivity contribution in [3.8, 4) is 0 Å². The fourth-order valence-electron chi connectivity index (χ4n) is 3.08. The van der Waals surface area contributed by atoms with E-state index in [0.29, 0.717) is 12.0 Å². The third-order valence-corrected chi connectivity index (χ3v) is 4.30. The summed E-state index contributed by atoms with van der Waals surface area (Å²) in [5, 5.41) is 0. The van der Waals surface area contributed by atoms with Crippen LogP contribution in [-0.4, -0.2) is 11.0 Å². The van der Waals surface area contributed by atoms with E-state index < -0.39 is 0 Å². The van der Waals surface area contributed by atoms with Gasteiger partial charge in [-0.25, -0.2) is 0 Å². The molecular weight excluding hydrogens is 246 g/mol. The third kappa shape index (κ3) is 2.89. The molecule has 3 nitrogen and oxygen atoms in total. The standard InChI is InChI=1S/C17H21N3/c18-20-16(6-5-13-7-9-19-10-8-13)12-15-11-14-3-1-2-4-17(14)15/h1-4,7-10,15-16,20H,5-6,11-12,18H2. The molecule has 1 aromatic carbocycles. The molecule has 0 bridgehead atoms. The number of hydrogen-bond acceptors (Lipinski definition) is 3. The van der Waals surface area contributed by atoms with Crippen molar-refractivity contribution in [3.63, 3.8) is 0 Å². The minimum Gasteiger partial charge on any atom is -0.271 e. The zero-order valence-electron chi connectivity index (χ0n) is 11.6. The number of pyridine rings is 1. The summed E-state index contributed by atoms with van der Waals surface area (Å²) >= 11 is 0. The Labute approximate surface area is 120 Å². The van der Waals surface area contributed by atoms with Gasteiger partial charge in [-0.1, -0.05) is 24.3 Å². The second-order valence-electron chi connectivity index (χ2n) is 5.59. The molecule has 3 rings (SSSR count). The normalized spacial score (nSPS) is 18.1. The highest BCUT2D eigenvalue weighted by Crippen LogP contribution is 2.38. The van der Waals surface area contributed by atoms with Crippen molar-refractivity contribution in [3.05, 3.63) is 65.5 Å². The number of fused-ring (bicyclic) bond motifs is 1. The molecule has 2 atom stereocenters. The van der Waals surface area contributed by atoms with Gasteiger partial charge in [0.2, 0.25) is 0 Å². The van der Waals surface area contributed by atoms with Gasteiger partial charge in [0, 0.05) is 18.4 Å². The van der Waals surface area contributed by atoms with Crippen molar-refractivity contribution in [1.82, 2.24) is 10.4 Å². The molecule has 0 amide bonds. The maximum atomic E-state index is 5.72. The first-order valence-corrected chi connectivity index (χ1v) is 7.29. The Kier molecular flexibility index (Phi) is 4.09. The van der Waals surface area contributed by atoms with Crippen molar-refractivity contribution < 1.29 is 0 Å². The minimum absolute atomic E-state index is 0.376. The van der Waals surface area contributed by atoms with Gasteiger partial charge in [-0.3, -0.25) is 16.3 Å². The van der Waals surface area contributed by atoms with Gasteiger partial charge in [-0.15, -0.1) is 0 Å². The fraction of sp³-hybridized carbons (Fsp3) is 0.353. The number of hydrazine groups is 1. The zero-order valence-corrected chi connectivity index (χ0v) is 11.6. The Morgan fingerprint density at radius 1 is 1.20 bits per heavy atom. The summed E-state index contributed by atoms with van der Waals surface area (Å²) in [6, 6.07) is 13.3. The van der Waals surface area contributed by atoms with Crippen LogP contribution in [0.5, 0.6) is 0 Å². The molecule has 104 valence electrons. The predicted octanol–water partition coefficient (Wildman–Crippen LogP) is 2.58. The smallest absolute Gasteiger partial charge is 0.0270 e. The van der Waals surface area contributed by atoms with Crippen LogP contribution in [0.1, 0.15) is 35.4 Å². The van der Waals surface area contributed by atoms with Crippen LogP contribution in [0, 0.1) is 0 Å². The van der Waals surface area contributed by atoms with Crippen LogP contribution in [-0.2, 0) is 12.8 Å². The lowest BCUT2D eigenvalue weighted by molar-refractivity contribution is 0.404. The van der Waals surface area contributed by atoms with Crippen LogP contribution >= 0.6 is 0 Å². The van der Waals surface area contributed by atoms with Crippen molar-refractivity contribution in [2.45, 2.75) is 37.6 Å². The topological polar surface area (TPSA) is 50.9 Å². The van der Waals surface area contributed by atoms with Crippen molar-refractivity contribution in [2.24, 2.45) is 5.84 Å². The van der Waals surface area contributed by atoms with Crippen LogP contribution in [0.3, 0.4) is 0 Å². The largest absolute Gasteiger partial charge is 0.271 e. The average Bonchev–Trinajstić information content (AvgIpc) is 2.49. The summed E-state index contributed by atoms with van der Waals surface area (Å²) < 4.78 is 0. The Morgan fingerprint density at radius 3 is 2.75 bits per heavy atom. The second-order valence-corrected chi connectivity index (χ2v) is 5.59. The molecule has 0 saturated carbocycles. The second kappa shape index (κ2) is 6.16. The molecule has 1 aromatic heterocycles. The lowest BCUT2D eigenvalue weighted by atomic mass is 9.74. The van der Waals surface area contributed by atoms with Crippen LogP contribution < -0.4 is 11.3 Å². The summed E-state index contributed by atoms with van der Waals surface area (Å²) in [6.45, 7) is 0. The van der Waals surface area contributed by atoms with Crippen LogP contribution in [0.15, 0.2) is 48.8 Å². The fourth-order valence-corrected chi connectivity index (χ4v) is 3.08. The van der Waals surface area contributed by atoms with Gasteiger partial charge in [0.1, 0.15) is 0 Å². The number of rotatable bonds is 6. The molecule has 1 heterocycles. The highest BCUT2D eigenvalue weighted by Gasteiger charge is 2.27. The molecule has 1 aliphatic carbocycles. The van der Waals surface area contributed by atoms with Crippen LogP contribution in [0.2, 0.25) is 0 Å². The number of aromatic nitrogens is 1. The molecule has 2 unspecified atom stereocenters. The molecule has 0 aliphatic heterocycles. The number of nitrogens with one attached hydrogen (secondary N) is 1. The Hall–Kier alpha value is -1.71. The van der Waals surface area contributed by atoms with E-state index in [1.807, 2.05) is 12.4 Å².